The van der Waals surface area contributed by atoms with Crippen LogP contribution in [-0.4, -0.2) is 50.9 Å². The Morgan fingerprint density at radius 1 is 1.21 bits per heavy atom. The van der Waals surface area contributed by atoms with Crippen molar-refractivity contribution >= 4 is 46.3 Å². The van der Waals surface area contributed by atoms with E-state index in [0.717, 1.165) is 76.6 Å². The van der Waals surface area contributed by atoms with Crippen LogP contribution in [0.25, 0.3) is 0 Å². The van der Waals surface area contributed by atoms with Gasteiger partial charge in [-0.2, -0.15) is 0 Å². The predicted molar refractivity (Wildman–Crippen MR) is 130 cm³/mol. The third-order valence-electron chi connectivity index (χ3n) is 5.37. The number of nitrogens with zero attached hydrogens (tertiary/aromatic N) is 2. The van der Waals surface area contributed by atoms with Gasteiger partial charge < -0.3 is 24.7 Å². The number of furan rings is 1. The molecule has 2 aromatic rings. The highest BCUT2D eigenvalue weighted by Crippen LogP contribution is 2.24. The van der Waals surface area contributed by atoms with E-state index < -0.39 is 0 Å². The number of piperidine rings is 1. The van der Waals surface area contributed by atoms with Gasteiger partial charge in [-0.05, 0) is 55.3 Å². The average Bonchev–Trinajstić information content (AvgIpc) is 3.50. The van der Waals surface area contributed by atoms with Crippen LogP contribution in [0.1, 0.15) is 31.4 Å². The first-order chi connectivity index (χ1) is 13.9. The van der Waals surface area contributed by atoms with E-state index in [9.17, 15) is 0 Å². The molecule has 0 bridgehead atoms. The summed E-state index contributed by atoms with van der Waals surface area (Å²) >= 11 is 1.82. The largest absolute Gasteiger partial charge is 0.469 e. The van der Waals surface area contributed by atoms with Crippen LogP contribution in [0.15, 0.2) is 45.3 Å². The molecule has 2 aliphatic rings. The quantitative estimate of drug-likeness (QED) is 0.323. The SMILES string of the molecule is I.c1coc(CCNC(=NCC2CCCO2)NC2CCN(c3cccs3)CC2)c1. The van der Waals surface area contributed by atoms with Gasteiger partial charge in [0.1, 0.15) is 5.76 Å². The molecule has 8 heteroatoms. The fourth-order valence-electron chi connectivity index (χ4n) is 3.78. The number of hydrogen-bond donors (Lipinski definition) is 2. The molecule has 0 saturated carbocycles. The summed E-state index contributed by atoms with van der Waals surface area (Å²) in [4.78, 5) is 7.30. The normalized spacial score (nSPS) is 20.5. The molecule has 0 amide bonds. The Morgan fingerprint density at radius 2 is 2.10 bits per heavy atom. The zero-order valence-electron chi connectivity index (χ0n) is 16.7. The lowest BCUT2D eigenvalue weighted by Crippen LogP contribution is -2.49. The van der Waals surface area contributed by atoms with Crippen LogP contribution in [0.5, 0.6) is 0 Å². The maximum Gasteiger partial charge on any atom is 0.191 e. The summed E-state index contributed by atoms with van der Waals surface area (Å²) in [6, 6.07) is 8.74. The van der Waals surface area contributed by atoms with Gasteiger partial charge in [-0.15, -0.1) is 35.3 Å². The van der Waals surface area contributed by atoms with E-state index in [0.29, 0.717) is 6.04 Å². The zero-order chi connectivity index (χ0) is 19.0. The van der Waals surface area contributed by atoms with Gasteiger partial charge in [-0.1, -0.05) is 0 Å². The van der Waals surface area contributed by atoms with Crippen LogP contribution < -0.4 is 15.5 Å². The van der Waals surface area contributed by atoms with Crippen molar-refractivity contribution in [2.75, 3.05) is 37.7 Å². The van der Waals surface area contributed by atoms with Crippen LogP contribution in [0, 0.1) is 0 Å². The summed E-state index contributed by atoms with van der Waals surface area (Å²) in [5, 5.41) is 10.7. The second-order valence-corrected chi connectivity index (χ2v) is 8.36. The molecule has 1 unspecified atom stereocenters. The zero-order valence-corrected chi connectivity index (χ0v) is 19.9. The molecule has 2 saturated heterocycles. The van der Waals surface area contributed by atoms with Crippen molar-refractivity contribution in [2.24, 2.45) is 4.99 Å². The molecule has 4 rings (SSSR count). The lowest BCUT2D eigenvalue weighted by atomic mass is 10.1. The van der Waals surface area contributed by atoms with Gasteiger partial charge in [0.25, 0.3) is 0 Å². The Kier molecular flexibility index (Phi) is 9.13. The molecule has 1 atom stereocenters. The van der Waals surface area contributed by atoms with Crippen LogP contribution in [0.4, 0.5) is 5.00 Å². The number of guanidine groups is 1. The van der Waals surface area contributed by atoms with Gasteiger partial charge in [0.2, 0.25) is 0 Å². The number of thiophene rings is 1. The summed E-state index contributed by atoms with van der Waals surface area (Å²) < 4.78 is 11.2. The summed E-state index contributed by atoms with van der Waals surface area (Å²) in [7, 11) is 0. The summed E-state index contributed by atoms with van der Waals surface area (Å²) in [5.41, 5.74) is 0. The average molecular weight is 530 g/mol. The van der Waals surface area contributed by atoms with Crippen molar-refractivity contribution in [3.05, 3.63) is 41.7 Å². The highest BCUT2D eigenvalue weighted by molar-refractivity contribution is 14.0. The molecule has 2 N–H and O–H groups in total. The standard InChI is InChI=1S/C21H30N4O2S.HI/c1-4-18(26-13-1)7-10-22-21(23-16-19-5-2-14-27-19)24-17-8-11-25(12-9-17)20-6-3-15-28-20;/h1,3-4,6,13,15,17,19H,2,5,7-12,14,16H2,(H2,22,23,24);1H. The van der Waals surface area contributed by atoms with Crippen molar-refractivity contribution in [1.82, 2.24) is 10.6 Å². The number of ether oxygens (including phenoxy) is 1. The van der Waals surface area contributed by atoms with Crippen molar-refractivity contribution in [1.29, 1.82) is 0 Å². The molecule has 2 aliphatic heterocycles. The van der Waals surface area contributed by atoms with Crippen molar-refractivity contribution in [2.45, 2.75) is 44.2 Å². The summed E-state index contributed by atoms with van der Waals surface area (Å²) in [5.74, 6) is 1.90. The van der Waals surface area contributed by atoms with Crippen LogP contribution in [0.3, 0.4) is 0 Å². The van der Waals surface area contributed by atoms with Gasteiger partial charge in [-0.3, -0.25) is 4.99 Å². The smallest absolute Gasteiger partial charge is 0.191 e. The van der Waals surface area contributed by atoms with Gasteiger partial charge in [0.15, 0.2) is 5.96 Å². The second kappa shape index (κ2) is 11.8. The molecule has 6 nitrogen and oxygen atoms in total. The minimum atomic E-state index is 0. The topological polar surface area (TPSA) is 62.0 Å². The third kappa shape index (κ3) is 6.89. The number of nitrogens with one attached hydrogen (secondary N) is 2. The number of hydrogen-bond acceptors (Lipinski definition) is 5. The second-order valence-electron chi connectivity index (χ2n) is 7.44. The van der Waals surface area contributed by atoms with E-state index in [4.69, 9.17) is 14.1 Å². The van der Waals surface area contributed by atoms with Crippen LogP contribution >= 0.6 is 35.3 Å². The minimum Gasteiger partial charge on any atom is -0.469 e. The van der Waals surface area contributed by atoms with E-state index in [1.54, 1.807) is 6.26 Å². The first kappa shape index (κ1) is 22.4. The van der Waals surface area contributed by atoms with Crippen molar-refractivity contribution < 1.29 is 9.15 Å². The van der Waals surface area contributed by atoms with E-state index in [2.05, 4.69) is 33.0 Å². The van der Waals surface area contributed by atoms with Crippen molar-refractivity contribution in [3.63, 3.8) is 0 Å². The van der Waals surface area contributed by atoms with E-state index in [1.807, 2.05) is 23.5 Å². The first-order valence-electron chi connectivity index (χ1n) is 10.3. The van der Waals surface area contributed by atoms with Crippen LogP contribution in [0.2, 0.25) is 0 Å². The monoisotopic (exact) mass is 530 g/mol. The molecule has 0 aliphatic carbocycles. The molecule has 29 heavy (non-hydrogen) atoms. The number of aliphatic imine (C=N–C) groups is 1. The van der Waals surface area contributed by atoms with Crippen molar-refractivity contribution in [3.8, 4) is 0 Å². The summed E-state index contributed by atoms with van der Waals surface area (Å²) in [6.07, 6.45) is 7.35. The fourth-order valence-corrected chi connectivity index (χ4v) is 4.57. The first-order valence-corrected chi connectivity index (χ1v) is 11.2. The Bertz CT molecular complexity index is 709. The maximum atomic E-state index is 5.73. The lowest BCUT2D eigenvalue weighted by molar-refractivity contribution is 0.117. The molecular weight excluding hydrogens is 499 g/mol. The Balaban J connectivity index is 0.00000240. The highest BCUT2D eigenvalue weighted by Gasteiger charge is 2.21. The van der Waals surface area contributed by atoms with E-state index in [-0.39, 0.29) is 30.1 Å². The maximum absolute atomic E-state index is 5.73. The molecule has 160 valence electrons. The molecule has 0 radical (unpaired) electrons. The molecule has 2 fully saturated rings. The van der Waals surface area contributed by atoms with Crippen LogP contribution in [-0.2, 0) is 11.2 Å². The lowest BCUT2D eigenvalue weighted by Gasteiger charge is -2.33. The Hall–Kier alpha value is -1.26. The van der Waals surface area contributed by atoms with E-state index in [1.165, 1.54) is 5.00 Å². The van der Waals surface area contributed by atoms with Gasteiger partial charge in [0.05, 0.1) is 23.9 Å². The number of rotatable bonds is 7. The van der Waals surface area contributed by atoms with Gasteiger partial charge in [0, 0.05) is 38.7 Å². The number of halogens is 1. The Morgan fingerprint density at radius 3 is 2.79 bits per heavy atom. The molecular formula is C21H31IN4O2S. The summed E-state index contributed by atoms with van der Waals surface area (Å²) in [6.45, 7) is 4.58. The van der Waals surface area contributed by atoms with Gasteiger partial charge >= 0.3 is 0 Å². The molecule has 4 heterocycles. The Labute approximate surface area is 194 Å². The van der Waals surface area contributed by atoms with Gasteiger partial charge in [-0.25, -0.2) is 0 Å². The number of anilines is 1. The van der Waals surface area contributed by atoms with E-state index >= 15 is 0 Å². The molecule has 0 aromatic carbocycles. The molecule has 0 spiro atoms. The predicted octanol–water partition coefficient (Wildman–Crippen LogP) is 3.88. The third-order valence-corrected chi connectivity index (χ3v) is 6.30. The fraction of sp³-hybridized carbons (Fsp3) is 0.571. The molecule has 2 aromatic heterocycles. The highest BCUT2D eigenvalue weighted by atomic mass is 127. The minimum absolute atomic E-state index is 0.